The maximum Gasteiger partial charge on any atom is 0.355 e. The average molecular weight is 592 g/mol. The summed E-state index contributed by atoms with van der Waals surface area (Å²) in [5, 5.41) is 0. The lowest BCUT2D eigenvalue weighted by Crippen LogP contribution is -2.13. The lowest BCUT2D eigenvalue weighted by atomic mass is 9.95. The highest BCUT2D eigenvalue weighted by Crippen LogP contribution is 2.47. The lowest BCUT2D eigenvalue weighted by Gasteiger charge is -2.17. The Balaban J connectivity index is 1.98. The molecule has 4 rings (SSSR count). The van der Waals surface area contributed by atoms with E-state index >= 15 is 0 Å². The van der Waals surface area contributed by atoms with Crippen LogP contribution in [0.25, 0.3) is 22.3 Å². The lowest BCUT2D eigenvalue weighted by molar-refractivity contribution is 0.0589. The molecule has 0 radical (unpaired) electrons. The molecule has 10 nitrogen and oxygen atoms in total. The van der Waals surface area contributed by atoms with Gasteiger partial charge in [0.15, 0.2) is 34.5 Å². The molecule has 0 aliphatic heterocycles. The van der Waals surface area contributed by atoms with Crippen LogP contribution in [-0.2, 0) is 17.7 Å². The summed E-state index contributed by atoms with van der Waals surface area (Å²) in [7, 11) is 12.4. The zero-order valence-corrected chi connectivity index (χ0v) is 25.7. The van der Waals surface area contributed by atoms with Crippen molar-refractivity contribution in [2.75, 3.05) is 56.9 Å². The van der Waals surface area contributed by atoms with Crippen molar-refractivity contribution in [3.63, 3.8) is 0 Å². The molecule has 0 aliphatic carbocycles. The van der Waals surface area contributed by atoms with Gasteiger partial charge in [0.1, 0.15) is 11.4 Å². The van der Waals surface area contributed by atoms with E-state index in [0.29, 0.717) is 70.0 Å². The predicted molar refractivity (Wildman–Crippen MR) is 163 cm³/mol. The van der Waals surface area contributed by atoms with E-state index in [1.165, 1.54) is 7.11 Å². The fourth-order valence-corrected chi connectivity index (χ4v) is 5.05. The SMILES string of the molecule is COC(=O)c1c(-c2cc(OC)c(OC)cc2OC)c(-c2ccc(OC)c(OC)c2)cn1CCc1ccc(OC)c(OC)c1. The van der Waals surface area contributed by atoms with E-state index in [4.69, 9.17) is 37.9 Å². The Kier molecular flexibility index (Phi) is 9.92. The molecule has 0 bridgehead atoms. The summed E-state index contributed by atoms with van der Waals surface area (Å²) in [5.41, 5.74) is 4.11. The molecular weight excluding hydrogens is 554 g/mol. The number of hydrogen-bond acceptors (Lipinski definition) is 9. The zero-order valence-electron chi connectivity index (χ0n) is 25.7. The quantitative estimate of drug-likeness (QED) is 0.176. The molecule has 3 aromatic carbocycles. The second-order valence-electron chi connectivity index (χ2n) is 9.37. The number of rotatable bonds is 13. The van der Waals surface area contributed by atoms with Crippen LogP contribution in [-0.4, -0.2) is 67.4 Å². The Morgan fingerprint density at radius 1 is 0.581 bits per heavy atom. The molecule has 0 saturated carbocycles. The first-order valence-corrected chi connectivity index (χ1v) is 13.4. The van der Waals surface area contributed by atoms with Gasteiger partial charge in [0.05, 0.1) is 56.9 Å². The third-order valence-electron chi connectivity index (χ3n) is 7.22. The maximum atomic E-state index is 13.5. The number of hydrogen-bond donors (Lipinski definition) is 0. The summed E-state index contributed by atoms with van der Waals surface area (Å²) < 4.78 is 46.1. The van der Waals surface area contributed by atoms with Crippen molar-refractivity contribution in [2.24, 2.45) is 0 Å². The van der Waals surface area contributed by atoms with Gasteiger partial charge in [-0.05, 0) is 47.9 Å². The molecule has 10 heteroatoms. The van der Waals surface area contributed by atoms with Crippen molar-refractivity contribution in [1.29, 1.82) is 0 Å². The third-order valence-corrected chi connectivity index (χ3v) is 7.22. The van der Waals surface area contributed by atoms with Gasteiger partial charge in [-0.2, -0.15) is 0 Å². The number of carbonyl (C=O) groups excluding carboxylic acids is 1. The van der Waals surface area contributed by atoms with E-state index in [1.54, 1.807) is 61.9 Å². The maximum absolute atomic E-state index is 13.5. The molecule has 4 aromatic rings. The number of benzene rings is 3. The highest BCUT2D eigenvalue weighted by Gasteiger charge is 2.28. The van der Waals surface area contributed by atoms with Gasteiger partial charge in [0, 0.05) is 35.5 Å². The van der Waals surface area contributed by atoms with Crippen LogP contribution in [0.5, 0.6) is 40.2 Å². The van der Waals surface area contributed by atoms with Gasteiger partial charge in [-0.25, -0.2) is 4.79 Å². The van der Waals surface area contributed by atoms with Crippen LogP contribution < -0.4 is 33.2 Å². The summed E-state index contributed by atoms with van der Waals surface area (Å²) in [5.74, 6) is 3.34. The normalized spacial score (nSPS) is 10.6. The molecule has 1 aromatic heterocycles. The molecule has 228 valence electrons. The van der Waals surface area contributed by atoms with E-state index in [0.717, 1.165) is 16.7 Å². The van der Waals surface area contributed by atoms with Crippen LogP contribution in [0.2, 0.25) is 0 Å². The number of esters is 1. The molecule has 0 atom stereocenters. The van der Waals surface area contributed by atoms with Crippen molar-refractivity contribution in [1.82, 2.24) is 4.57 Å². The Morgan fingerprint density at radius 3 is 1.70 bits per heavy atom. The molecule has 1 heterocycles. The molecule has 0 N–H and O–H groups in total. The van der Waals surface area contributed by atoms with Gasteiger partial charge >= 0.3 is 5.97 Å². The minimum absolute atomic E-state index is 0.346. The Morgan fingerprint density at radius 2 is 1.12 bits per heavy atom. The van der Waals surface area contributed by atoms with Gasteiger partial charge in [-0.15, -0.1) is 0 Å². The molecule has 0 unspecified atom stereocenters. The van der Waals surface area contributed by atoms with E-state index in [1.807, 2.05) is 47.2 Å². The molecule has 43 heavy (non-hydrogen) atoms. The molecule has 0 aliphatic rings. The largest absolute Gasteiger partial charge is 0.496 e. The van der Waals surface area contributed by atoms with Crippen LogP contribution in [0.4, 0.5) is 0 Å². The predicted octanol–water partition coefficient (Wildman–Crippen LogP) is 5.91. The van der Waals surface area contributed by atoms with Crippen LogP contribution in [0, 0.1) is 0 Å². The summed E-state index contributed by atoms with van der Waals surface area (Å²) in [6.45, 7) is 0.454. The smallest absolute Gasteiger partial charge is 0.355 e. The number of aryl methyl sites for hydroxylation is 2. The molecule has 0 spiro atoms. The van der Waals surface area contributed by atoms with E-state index in [9.17, 15) is 4.79 Å². The molecule has 0 fully saturated rings. The Hall–Kier alpha value is -4.99. The van der Waals surface area contributed by atoms with Crippen molar-refractivity contribution in [2.45, 2.75) is 13.0 Å². The number of carbonyl (C=O) groups is 1. The Labute approximate surface area is 251 Å². The third kappa shape index (κ3) is 6.13. The highest BCUT2D eigenvalue weighted by atomic mass is 16.5. The second kappa shape index (κ2) is 13.8. The van der Waals surface area contributed by atoms with Crippen LogP contribution in [0.15, 0.2) is 54.7 Å². The highest BCUT2D eigenvalue weighted by molar-refractivity contribution is 6.03. The first-order chi connectivity index (χ1) is 20.9. The van der Waals surface area contributed by atoms with Crippen molar-refractivity contribution in [3.05, 3.63) is 66.0 Å². The monoisotopic (exact) mass is 591 g/mol. The van der Waals surface area contributed by atoms with Crippen molar-refractivity contribution >= 4 is 5.97 Å². The topological polar surface area (TPSA) is 95.8 Å². The summed E-state index contributed by atoms with van der Waals surface area (Å²) >= 11 is 0. The number of methoxy groups -OCH3 is 8. The molecule has 0 amide bonds. The van der Waals surface area contributed by atoms with Crippen LogP contribution in [0.3, 0.4) is 0 Å². The van der Waals surface area contributed by atoms with Crippen molar-refractivity contribution < 1.29 is 42.7 Å². The number of aromatic nitrogens is 1. The zero-order chi connectivity index (χ0) is 31.1. The second-order valence-corrected chi connectivity index (χ2v) is 9.37. The minimum atomic E-state index is -0.508. The van der Waals surface area contributed by atoms with Crippen LogP contribution in [0.1, 0.15) is 16.1 Å². The minimum Gasteiger partial charge on any atom is -0.496 e. The summed E-state index contributed by atoms with van der Waals surface area (Å²) in [4.78, 5) is 13.5. The number of ether oxygens (including phenoxy) is 8. The first kappa shape index (κ1) is 31.0. The Bertz CT molecular complexity index is 1590. The van der Waals surface area contributed by atoms with Crippen molar-refractivity contribution in [3.8, 4) is 62.5 Å². The molecular formula is C33H37NO9. The first-order valence-electron chi connectivity index (χ1n) is 13.4. The van der Waals surface area contributed by atoms with Crippen LogP contribution >= 0.6 is 0 Å². The fourth-order valence-electron chi connectivity index (χ4n) is 5.05. The van der Waals surface area contributed by atoms with Gasteiger partial charge in [-0.3, -0.25) is 0 Å². The van der Waals surface area contributed by atoms with Gasteiger partial charge in [0.2, 0.25) is 0 Å². The summed E-state index contributed by atoms with van der Waals surface area (Å²) in [6.07, 6.45) is 2.52. The molecule has 0 saturated heterocycles. The summed E-state index contributed by atoms with van der Waals surface area (Å²) in [6, 6.07) is 14.9. The van der Waals surface area contributed by atoms with E-state index in [2.05, 4.69) is 0 Å². The average Bonchev–Trinajstić information content (AvgIpc) is 3.44. The number of nitrogens with zero attached hydrogens (tertiary/aromatic N) is 1. The van der Waals surface area contributed by atoms with E-state index < -0.39 is 5.97 Å². The standard InChI is InChI=1S/C33H37NO9/c1-36-24-11-9-20(15-27(24)39-4)13-14-34-19-23(21-10-12-25(37-2)28(16-21)40-5)31(32(34)33(35)43-8)22-17-29(41-6)30(42-7)18-26(22)38-3/h9-12,15-19H,13-14H2,1-8H3. The van der Waals surface area contributed by atoms with Gasteiger partial charge < -0.3 is 42.5 Å². The van der Waals surface area contributed by atoms with Gasteiger partial charge in [0.25, 0.3) is 0 Å². The van der Waals surface area contributed by atoms with E-state index in [-0.39, 0.29) is 0 Å². The fraction of sp³-hybridized carbons (Fsp3) is 0.303. The van der Waals surface area contributed by atoms with Gasteiger partial charge in [-0.1, -0.05) is 12.1 Å².